The molecule has 1 saturated heterocycles. The molecule has 4 rings (SSSR count). The van der Waals surface area contributed by atoms with Crippen molar-refractivity contribution in [2.75, 3.05) is 36.1 Å². The van der Waals surface area contributed by atoms with Crippen LogP contribution in [0.1, 0.15) is 31.1 Å². The van der Waals surface area contributed by atoms with E-state index < -0.39 is 30.0 Å². The van der Waals surface area contributed by atoms with Crippen LogP contribution < -0.4 is 15.4 Å². The SMILES string of the molecule is Cc1noc(CN2CCC(C(F)(F)F)n3c2nc(N2CCOCC2C)c(F)c3=O)n1. The Morgan fingerprint density at radius 1 is 1.23 bits per heavy atom. The van der Waals surface area contributed by atoms with E-state index >= 15 is 0 Å². The Kier molecular flexibility index (Phi) is 5.16. The predicted molar refractivity (Wildman–Crippen MR) is 95.9 cm³/mol. The number of rotatable bonds is 3. The Morgan fingerprint density at radius 3 is 2.63 bits per heavy atom. The first-order valence-electron chi connectivity index (χ1n) is 9.44. The molecule has 0 bridgehead atoms. The maximum absolute atomic E-state index is 15.0. The molecule has 164 valence electrons. The average Bonchev–Trinajstić information content (AvgIpc) is 3.09. The molecule has 0 saturated carbocycles. The molecule has 0 aliphatic carbocycles. The summed E-state index contributed by atoms with van der Waals surface area (Å²) in [5, 5.41) is 3.66. The molecule has 0 radical (unpaired) electrons. The molecule has 30 heavy (non-hydrogen) atoms. The standard InChI is InChI=1S/C17H20F4N6O3/c1-9-8-29-6-5-26(9)14-13(18)15(28)27-11(17(19,20)21)3-4-25(16(27)23-14)7-12-22-10(2)24-30-12/h9,11H,3-8H2,1-2H3. The van der Waals surface area contributed by atoms with Crippen molar-refractivity contribution in [1.82, 2.24) is 19.7 Å². The van der Waals surface area contributed by atoms with Gasteiger partial charge in [-0.3, -0.25) is 9.36 Å². The van der Waals surface area contributed by atoms with Crippen molar-refractivity contribution in [3.05, 3.63) is 27.9 Å². The number of ether oxygens (including phenoxy) is 1. The van der Waals surface area contributed by atoms with Gasteiger partial charge >= 0.3 is 6.18 Å². The largest absolute Gasteiger partial charge is 0.409 e. The van der Waals surface area contributed by atoms with E-state index in [0.29, 0.717) is 17.0 Å². The topological polar surface area (TPSA) is 89.5 Å². The quantitative estimate of drug-likeness (QED) is 0.679. The Morgan fingerprint density at radius 2 is 2.00 bits per heavy atom. The smallest absolute Gasteiger partial charge is 0.377 e. The van der Waals surface area contributed by atoms with Gasteiger partial charge in [-0.05, 0) is 20.3 Å². The third-order valence-electron chi connectivity index (χ3n) is 5.20. The van der Waals surface area contributed by atoms with E-state index in [0.717, 1.165) is 0 Å². The number of aromatic nitrogens is 4. The normalized spacial score (nSPS) is 22.3. The van der Waals surface area contributed by atoms with Gasteiger partial charge in [0.25, 0.3) is 5.56 Å². The van der Waals surface area contributed by atoms with Crippen LogP contribution >= 0.6 is 0 Å². The second kappa shape index (κ2) is 7.52. The minimum Gasteiger partial charge on any atom is -0.377 e. The van der Waals surface area contributed by atoms with Crippen molar-refractivity contribution < 1.29 is 26.8 Å². The van der Waals surface area contributed by atoms with E-state index in [2.05, 4.69) is 15.1 Å². The molecule has 0 aromatic carbocycles. The first kappa shape index (κ1) is 20.6. The van der Waals surface area contributed by atoms with Gasteiger partial charge in [0.2, 0.25) is 17.7 Å². The Labute approximate surface area is 168 Å². The lowest BCUT2D eigenvalue weighted by Crippen LogP contribution is -2.49. The van der Waals surface area contributed by atoms with Crippen LogP contribution in [0.15, 0.2) is 9.32 Å². The first-order chi connectivity index (χ1) is 14.2. The first-order valence-corrected chi connectivity index (χ1v) is 9.44. The van der Waals surface area contributed by atoms with Crippen LogP contribution in [-0.2, 0) is 11.3 Å². The van der Waals surface area contributed by atoms with Crippen molar-refractivity contribution in [2.24, 2.45) is 0 Å². The van der Waals surface area contributed by atoms with E-state index in [1.54, 1.807) is 13.8 Å². The molecule has 0 spiro atoms. The third-order valence-corrected chi connectivity index (χ3v) is 5.20. The van der Waals surface area contributed by atoms with Crippen LogP contribution in [0.4, 0.5) is 29.3 Å². The second-order valence-corrected chi connectivity index (χ2v) is 7.34. The molecule has 4 heterocycles. The molecule has 9 nitrogen and oxygen atoms in total. The van der Waals surface area contributed by atoms with Crippen molar-refractivity contribution in [1.29, 1.82) is 0 Å². The molecule has 2 unspecified atom stereocenters. The van der Waals surface area contributed by atoms with E-state index in [1.165, 1.54) is 9.80 Å². The molecular weight excluding hydrogens is 412 g/mol. The fourth-order valence-electron chi connectivity index (χ4n) is 3.76. The van der Waals surface area contributed by atoms with Crippen molar-refractivity contribution in [2.45, 2.75) is 45.1 Å². The number of morpholine rings is 1. The molecule has 1 fully saturated rings. The zero-order chi connectivity index (χ0) is 21.6. The summed E-state index contributed by atoms with van der Waals surface area (Å²) in [5.74, 6) is -1.35. The zero-order valence-electron chi connectivity index (χ0n) is 16.3. The highest BCUT2D eigenvalue weighted by atomic mass is 19.4. The third kappa shape index (κ3) is 3.61. The molecule has 2 aliphatic heterocycles. The lowest BCUT2D eigenvalue weighted by atomic mass is 10.1. The molecule has 0 amide bonds. The number of aryl methyl sites for hydroxylation is 1. The van der Waals surface area contributed by atoms with Crippen LogP contribution in [0.25, 0.3) is 0 Å². The number of fused-ring (bicyclic) bond motifs is 1. The summed E-state index contributed by atoms with van der Waals surface area (Å²) in [5.41, 5.74) is -1.36. The van der Waals surface area contributed by atoms with Crippen LogP contribution in [0.5, 0.6) is 0 Å². The highest BCUT2D eigenvalue weighted by Gasteiger charge is 2.46. The van der Waals surface area contributed by atoms with Gasteiger partial charge in [-0.25, -0.2) is 0 Å². The maximum Gasteiger partial charge on any atom is 0.409 e. The highest BCUT2D eigenvalue weighted by molar-refractivity contribution is 5.48. The van der Waals surface area contributed by atoms with Gasteiger partial charge in [-0.15, -0.1) is 0 Å². The second-order valence-electron chi connectivity index (χ2n) is 7.34. The molecular formula is C17H20F4N6O3. The Hall–Kier alpha value is -2.70. The summed E-state index contributed by atoms with van der Waals surface area (Å²) in [4.78, 5) is 24.0. The summed E-state index contributed by atoms with van der Waals surface area (Å²) in [6.45, 7) is 4.08. The zero-order valence-corrected chi connectivity index (χ0v) is 16.3. The van der Waals surface area contributed by atoms with Gasteiger partial charge in [0.05, 0.1) is 19.3 Å². The van der Waals surface area contributed by atoms with Crippen LogP contribution in [0.3, 0.4) is 0 Å². The minimum absolute atomic E-state index is 0.0540. The van der Waals surface area contributed by atoms with Gasteiger partial charge < -0.3 is 19.1 Å². The van der Waals surface area contributed by atoms with Crippen LogP contribution in [0.2, 0.25) is 0 Å². The molecule has 2 aromatic rings. The fourth-order valence-corrected chi connectivity index (χ4v) is 3.76. The number of anilines is 2. The van der Waals surface area contributed by atoms with Crippen molar-refractivity contribution in [3.8, 4) is 0 Å². The average molecular weight is 432 g/mol. The van der Waals surface area contributed by atoms with Crippen LogP contribution in [-0.4, -0.2) is 58.2 Å². The number of halogens is 4. The number of hydrogen-bond acceptors (Lipinski definition) is 8. The predicted octanol–water partition coefficient (Wildman–Crippen LogP) is 1.81. The summed E-state index contributed by atoms with van der Waals surface area (Å²) >= 11 is 0. The van der Waals surface area contributed by atoms with Crippen molar-refractivity contribution in [3.63, 3.8) is 0 Å². The molecule has 2 aromatic heterocycles. The number of alkyl halides is 3. The Bertz CT molecular complexity index is 991. The van der Waals surface area contributed by atoms with E-state index in [1.807, 2.05) is 0 Å². The fraction of sp³-hybridized carbons (Fsp3) is 0.647. The monoisotopic (exact) mass is 432 g/mol. The van der Waals surface area contributed by atoms with E-state index in [-0.39, 0.29) is 49.9 Å². The van der Waals surface area contributed by atoms with Crippen LogP contribution in [0, 0.1) is 12.7 Å². The summed E-state index contributed by atoms with van der Waals surface area (Å²) in [6, 6.07) is -2.46. The van der Waals surface area contributed by atoms with Gasteiger partial charge in [-0.1, -0.05) is 5.16 Å². The number of hydrogen-bond donors (Lipinski definition) is 0. The van der Waals surface area contributed by atoms with Gasteiger partial charge in [-0.2, -0.15) is 27.5 Å². The summed E-state index contributed by atoms with van der Waals surface area (Å²) < 4.78 is 66.5. The Balaban J connectivity index is 1.83. The van der Waals surface area contributed by atoms with E-state index in [9.17, 15) is 22.4 Å². The lowest BCUT2D eigenvalue weighted by Gasteiger charge is -2.38. The van der Waals surface area contributed by atoms with Crippen molar-refractivity contribution >= 4 is 11.8 Å². The molecule has 0 N–H and O–H groups in total. The number of nitrogens with zero attached hydrogens (tertiary/aromatic N) is 6. The van der Waals surface area contributed by atoms with Gasteiger partial charge in [0.1, 0.15) is 12.6 Å². The molecule has 13 heteroatoms. The molecule has 2 atom stereocenters. The minimum atomic E-state index is -4.73. The molecule has 2 aliphatic rings. The summed E-state index contributed by atoms with van der Waals surface area (Å²) in [6.07, 6.45) is -5.16. The van der Waals surface area contributed by atoms with E-state index in [4.69, 9.17) is 9.26 Å². The summed E-state index contributed by atoms with van der Waals surface area (Å²) in [7, 11) is 0. The lowest BCUT2D eigenvalue weighted by molar-refractivity contribution is -0.171. The van der Waals surface area contributed by atoms with Gasteiger partial charge in [0.15, 0.2) is 11.6 Å². The highest BCUT2D eigenvalue weighted by Crippen LogP contribution is 2.39. The van der Waals surface area contributed by atoms with Gasteiger partial charge in [0, 0.05) is 13.1 Å². The maximum atomic E-state index is 15.0.